The summed E-state index contributed by atoms with van der Waals surface area (Å²) in [5.41, 5.74) is 1.51. The number of anilines is 1. The van der Waals surface area contributed by atoms with Gasteiger partial charge in [-0.25, -0.2) is 8.42 Å². The highest BCUT2D eigenvalue weighted by Gasteiger charge is 2.37. The zero-order valence-electron chi connectivity index (χ0n) is 17.7. The fourth-order valence-electron chi connectivity index (χ4n) is 3.70. The monoisotopic (exact) mass is 443 g/mol. The van der Waals surface area contributed by atoms with Crippen molar-refractivity contribution in [2.75, 3.05) is 11.9 Å². The first kappa shape index (κ1) is 23.0. The molecule has 0 saturated carbocycles. The number of carbonyl (C=O) groups excluding carboxylic acids is 2. The van der Waals surface area contributed by atoms with Crippen molar-refractivity contribution < 1.29 is 18.0 Å². The van der Waals surface area contributed by atoms with Gasteiger partial charge in [-0.15, -0.1) is 0 Å². The molecule has 166 valence electrons. The molecule has 0 bridgehead atoms. The van der Waals surface area contributed by atoms with Gasteiger partial charge in [-0.1, -0.05) is 43.7 Å². The Kier molecular flexibility index (Phi) is 7.81. The fourth-order valence-corrected chi connectivity index (χ4v) is 5.38. The summed E-state index contributed by atoms with van der Waals surface area (Å²) in [5, 5.41) is 5.71. The van der Waals surface area contributed by atoms with Gasteiger partial charge in [0.15, 0.2) is 0 Å². The second-order valence-electron chi connectivity index (χ2n) is 7.66. The molecule has 2 amide bonds. The van der Waals surface area contributed by atoms with Gasteiger partial charge in [0.05, 0.1) is 4.90 Å². The molecule has 0 aliphatic carbocycles. The van der Waals surface area contributed by atoms with Gasteiger partial charge in [-0.05, 0) is 49.1 Å². The van der Waals surface area contributed by atoms with Crippen molar-refractivity contribution in [1.29, 1.82) is 0 Å². The van der Waals surface area contributed by atoms with E-state index in [1.54, 1.807) is 36.4 Å². The highest BCUT2D eigenvalue weighted by Crippen LogP contribution is 2.25. The molecular formula is C23H29N3O4S. The van der Waals surface area contributed by atoms with Gasteiger partial charge in [-0.2, -0.15) is 4.31 Å². The quantitative estimate of drug-likeness (QED) is 0.654. The molecule has 0 aromatic heterocycles. The summed E-state index contributed by atoms with van der Waals surface area (Å²) in [6.07, 6.45) is 3.25. The lowest BCUT2D eigenvalue weighted by atomic mass is 10.0. The van der Waals surface area contributed by atoms with E-state index in [-0.39, 0.29) is 23.3 Å². The minimum absolute atomic E-state index is 0.0485. The highest BCUT2D eigenvalue weighted by atomic mass is 32.2. The number of hydrogen-bond acceptors (Lipinski definition) is 4. The third-order valence-corrected chi connectivity index (χ3v) is 7.18. The Morgan fingerprint density at radius 2 is 1.84 bits per heavy atom. The Bertz CT molecular complexity index is 1010. The van der Waals surface area contributed by atoms with Crippen LogP contribution in [0.2, 0.25) is 0 Å². The van der Waals surface area contributed by atoms with E-state index in [1.807, 2.05) is 25.1 Å². The standard InChI is InChI=1S/C23H29N3O4S/c1-2-9-22(27)25-19-11-8-10-18(16-19)17-24-23(28)21-14-6-7-15-26(21)31(29,30)20-12-4-3-5-13-20/h3-5,8,10-13,16,21H,2,6-7,9,14-15,17H2,1H3,(H,24,28)(H,25,27). The normalized spacial score (nSPS) is 17.1. The average molecular weight is 444 g/mol. The van der Waals surface area contributed by atoms with Crippen LogP contribution in [0.3, 0.4) is 0 Å². The summed E-state index contributed by atoms with van der Waals surface area (Å²) in [5.74, 6) is -0.354. The van der Waals surface area contributed by atoms with Crippen LogP contribution in [0, 0.1) is 0 Å². The Labute approximate surface area is 183 Å². The van der Waals surface area contributed by atoms with Crippen molar-refractivity contribution in [3.05, 3.63) is 60.2 Å². The lowest BCUT2D eigenvalue weighted by molar-refractivity contribution is -0.125. The number of nitrogens with zero attached hydrogens (tertiary/aromatic N) is 1. The van der Waals surface area contributed by atoms with Crippen LogP contribution in [-0.4, -0.2) is 37.1 Å². The van der Waals surface area contributed by atoms with E-state index in [2.05, 4.69) is 10.6 Å². The van der Waals surface area contributed by atoms with Crippen LogP contribution in [0.4, 0.5) is 5.69 Å². The number of sulfonamides is 1. The van der Waals surface area contributed by atoms with Crippen LogP contribution < -0.4 is 10.6 Å². The molecule has 1 heterocycles. The summed E-state index contributed by atoms with van der Waals surface area (Å²) in [4.78, 5) is 24.9. The smallest absolute Gasteiger partial charge is 0.243 e. The SMILES string of the molecule is CCCC(=O)Nc1cccc(CNC(=O)C2CCCCN2S(=O)(=O)c2ccccc2)c1. The van der Waals surface area contributed by atoms with Crippen LogP contribution in [0.1, 0.15) is 44.6 Å². The molecule has 1 saturated heterocycles. The molecule has 1 fully saturated rings. The van der Waals surface area contributed by atoms with E-state index >= 15 is 0 Å². The molecule has 2 aromatic carbocycles. The van der Waals surface area contributed by atoms with Crippen molar-refractivity contribution in [3.63, 3.8) is 0 Å². The zero-order valence-corrected chi connectivity index (χ0v) is 18.5. The van der Waals surface area contributed by atoms with Crippen LogP contribution in [0.5, 0.6) is 0 Å². The summed E-state index contributed by atoms with van der Waals surface area (Å²) >= 11 is 0. The van der Waals surface area contributed by atoms with Crippen molar-refractivity contribution in [2.24, 2.45) is 0 Å². The molecule has 0 radical (unpaired) electrons. The molecular weight excluding hydrogens is 414 g/mol. The largest absolute Gasteiger partial charge is 0.351 e. The predicted molar refractivity (Wildman–Crippen MR) is 120 cm³/mol. The fraction of sp³-hybridized carbons (Fsp3) is 0.391. The number of amides is 2. The molecule has 3 rings (SSSR count). The maximum absolute atomic E-state index is 13.1. The molecule has 1 unspecified atom stereocenters. The summed E-state index contributed by atoms with van der Waals surface area (Å²) < 4.78 is 27.5. The molecule has 7 nitrogen and oxygen atoms in total. The van der Waals surface area contributed by atoms with E-state index in [4.69, 9.17) is 0 Å². The number of carbonyl (C=O) groups is 2. The first-order valence-corrected chi connectivity index (χ1v) is 12.1. The molecule has 2 N–H and O–H groups in total. The Morgan fingerprint density at radius 3 is 2.58 bits per heavy atom. The van der Waals surface area contributed by atoms with Gasteiger partial charge >= 0.3 is 0 Å². The zero-order chi connectivity index (χ0) is 22.3. The van der Waals surface area contributed by atoms with Crippen molar-refractivity contribution >= 4 is 27.5 Å². The van der Waals surface area contributed by atoms with E-state index in [0.29, 0.717) is 25.1 Å². The molecule has 1 aliphatic heterocycles. The second-order valence-corrected chi connectivity index (χ2v) is 9.55. The molecule has 0 spiro atoms. The van der Waals surface area contributed by atoms with Crippen molar-refractivity contribution in [1.82, 2.24) is 9.62 Å². The first-order chi connectivity index (χ1) is 14.9. The van der Waals surface area contributed by atoms with Crippen molar-refractivity contribution in [3.8, 4) is 0 Å². The Hall–Kier alpha value is -2.71. The van der Waals surface area contributed by atoms with Crippen LogP contribution in [0.15, 0.2) is 59.5 Å². The average Bonchev–Trinajstić information content (AvgIpc) is 2.78. The number of benzene rings is 2. The summed E-state index contributed by atoms with van der Waals surface area (Å²) in [7, 11) is -3.74. The third-order valence-electron chi connectivity index (χ3n) is 5.26. The summed E-state index contributed by atoms with van der Waals surface area (Å²) in [6, 6.07) is 14.8. The molecule has 31 heavy (non-hydrogen) atoms. The Morgan fingerprint density at radius 1 is 1.06 bits per heavy atom. The predicted octanol–water partition coefficient (Wildman–Crippen LogP) is 3.28. The van der Waals surface area contributed by atoms with Gasteiger partial charge < -0.3 is 10.6 Å². The lowest BCUT2D eigenvalue weighted by Gasteiger charge is -2.33. The van der Waals surface area contributed by atoms with Crippen LogP contribution in [-0.2, 0) is 26.2 Å². The number of rotatable bonds is 8. The van der Waals surface area contributed by atoms with Crippen LogP contribution in [0.25, 0.3) is 0 Å². The van der Waals surface area contributed by atoms with Crippen LogP contribution >= 0.6 is 0 Å². The van der Waals surface area contributed by atoms with Gasteiger partial charge in [0.1, 0.15) is 6.04 Å². The Balaban J connectivity index is 1.67. The molecule has 2 aromatic rings. The highest BCUT2D eigenvalue weighted by molar-refractivity contribution is 7.89. The van der Waals surface area contributed by atoms with E-state index in [1.165, 1.54) is 4.31 Å². The van der Waals surface area contributed by atoms with Gasteiger partial charge in [-0.3, -0.25) is 9.59 Å². The first-order valence-electron chi connectivity index (χ1n) is 10.6. The molecule has 1 aliphatic rings. The van der Waals surface area contributed by atoms with Gasteiger partial charge in [0.2, 0.25) is 21.8 Å². The maximum Gasteiger partial charge on any atom is 0.243 e. The van der Waals surface area contributed by atoms with E-state index in [0.717, 1.165) is 24.8 Å². The third kappa shape index (κ3) is 5.92. The van der Waals surface area contributed by atoms with Gasteiger partial charge in [0, 0.05) is 25.2 Å². The minimum Gasteiger partial charge on any atom is -0.351 e. The minimum atomic E-state index is -3.74. The second kappa shape index (κ2) is 10.5. The van der Waals surface area contributed by atoms with Gasteiger partial charge in [0.25, 0.3) is 0 Å². The topological polar surface area (TPSA) is 95.6 Å². The van der Waals surface area contributed by atoms with Crippen molar-refractivity contribution in [2.45, 2.75) is 56.5 Å². The van der Waals surface area contributed by atoms with E-state index in [9.17, 15) is 18.0 Å². The maximum atomic E-state index is 13.1. The lowest BCUT2D eigenvalue weighted by Crippen LogP contribution is -2.51. The number of hydrogen-bond donors (Lipinski definition) is 2. The molecule has 8 heteroatoms. The summed E-state index contributed by atoms with van der Waals surface area (Å²) in [6.45, 7) is 2.53. The number of nitrogens with one attached hydrogen (secondary N) is 2. The van der Waals surface area contributed by atoms with E-state index < -0.39 is 16.1 Å². The number of piperidine rings is 1. The molecule has 1 atom stereocenters.